The monoisotopic (exact) mass is 701 g/mol. The van der Waals surface area contributed by atoms with Gasteiger partial charge in [-0.3, -0.25) is 19.2 Å². The van der Waals surface area contributed by atoms with Crippen molar-refractivity contribution in [2.75, 3.05) is 19.7 Å². The maximum absolute atomic E-state index is 14.6. The molecule has 3 aliphatic rings. The number of carbonyl (C=O) groups is 4. The Morgan fingerprint density at radius 3 is 2.50 bits per heavy atom. The number of aliphatic hydroxyl groups is 1. The predicted molar refractivity (Wildman–Crippen MR) is 178 cm³/mol. The van der Waals surface area contributed by atoms with E-state index in [4.69, 9.17) is 9.47 Å². The summed E-state index contributed by atoms with van der Waals surface area (Å²) in [7, 11) is 0. The number of benzene rings is 1. The number of likely N-dealkylation sites (tertiary alicyclic amines) is 1. The van der Waals surface area contributed by atoms with Crippen LogP contribution in [0.15, 0.2) is 55.6 Å². The summed E-state index contributed by atoms with van der Waals surface area (Å²) in [6, 6.07) is 7.23. The highest BCUT2D eigenvalue weighted by molar-refractivity contribution is 9.09. The third kappa shape index (κ3) is 6.69. The number of nitrogens with zero attached hydrogens (tertiary/aromatic N) is 2. The first-order chi connectivity index (χ1) is 22.0. The Balaban J connectivity index is 1.73. The van der Waals surface area contributed by atoms with Crippen molar-refractivity contribution in [2.45, 2.75) is 94.1 Å². The van der Waals surface area contributed by atoms with Gasteiger partial charge >= 0.3 is 5.97 Å². The van der Waals surface area contributed by atoms with Crippen LogP contribution in [0.3, 0.4) is 0 Å². The van der Waals surface area contributed by atoms with Crippen LogP contribution in [-0.4, -0.2) is 93.0 Å². The minimum atomic E-state index is -1.30. The lowest BCUT2D eigenvalue weighted by Gasteiger charge is -2.41. The summed E-state index contributed by atoms with van der Waals surface area (Å²) in [4.78, 5) is 58.6. The van der Waals surface area contributed by atoms with Crippen LogP contribution >= 0.6 is 15.9 Å². The summed E-state index contributed by atoms with van der Waals surface area (Å²) in [5, 5.41) is 13.4. The van der Waals surface area contributed by atoms with Crippen molar-refractivity contribution < 1.29 is 33.8 Å². The Bertz CT molecular complexity index is 1290. The molecule has 252 valence electrons. The maximum atomic E-state index is 14.6. The molecule has 1 aromatic carbocycles. The largest absolute Gasteiger partial charge is 0.455 e. The van der Waals surface area contributed by atoms with E-state index in [2.05, 4.69) is 34.4 Å². The number of esters is 1. The van der Waals surface area contributed by atoms with E-state index in [0.717, 1.165) is 0 Å². The van der Waals surface area contributed by atoms with Crippen LogP contribution in [0.5, 0.6) is 0 Å². The molecule has 1 aromatic rings. The standard InChI is InChI=1S/C35H48BrN3O7/c1-7-10-16-27(41)37-19-26(23-14-12-11-13-15-23)45-34(44)28-29-32(42)39(25(20-40)22(6)9-3)31(33(43)38(17-8-2)21(4)5)35(29)18-24(36)30(28)46-35/h7-8,11-15,21-22,24-26,28-31,40H,1-2,9-10,16-20H2,3-6H3,(H,37,41)/t22-,24?,25-,26+,28+,29-,30+,31+,35-/m0/s1. The van der Waals surface area contributed by atoms with Gasteiger partial charge < -0.3 is 29.7 Å². The first kappa shape index (κ1) is 35.8. The van der Waals surface area contributed by atoms with E-state index in [-0.39, 0.29) is 54.7 Å². The van der Waals surface area contributed by atoms with Crippen LogP contribution < -0.4 is 5.32 Å². The van der Waals surface area contributed by atoms with E-state index in [1.165, 1.54) is 4.90 Å². The third-order valence-corrected chi connectivity index (χ3v) is 10.6. The van der Waals surface area contributed by atoms with Crippen molar-refractivity contribution >= 4 is 39.6 Å². The van der Waals surface area contributed by atoms with Gasteiger partial charge in [-0.1, -0.05) is 78.7 Å². The normalized spacial score (nSPS) is 28.4. The third-order valence-electron chi connectivity index (χ3n) is 9.80. The lowest BCUT2D eigenvalue weighted by Crippen LogP contribution is -2.60. The average Bonchev–Trinajstić information content (AvgIpc) is 3.64. The molecule has 3 aliphatic heterocycles. The molecule has 3 amide bonds. The fourth-order valence-electron chi connectivity index (χ4n) is 7.28. The van der Waals surface area contributed by atoms with Crippen LogP contribution in [-0.2, 0) is 28.7 Å². The lowest BCUT2D eigenvalue weighted by atomic mass is 9.70. The van der Waals surface area contributed by atoms with E-state index >= 15 is 0 Å². The number of carbonyl (C=O) groups excluding carboxylic acids is 4. The topological polar surface area (TPSA) is 125 Å². The smallest absolute Gasteiger partial charge is 0.313 e. The molecule has 2 N–H and O–H groups in total. The SMILES string of the molecule is C=CCCC(=O)NC[C@@H](OC(=O)[C@H]1[C@@H]2O[C@@]3(CC2Br)[C@@H]1C(=O)N([C@@H](CO)[C@@H](C)CC)[C@@H]3C(=O)N(CC=C)C(C)C)c1ccccc1. The molecular formula is C35H48BrN3O7. The first-order valence-corrected chi connectivity index (χ1v) is 17.2. The predicted octanol–water partition coefficient (Wildman–Crippen LogP) is 3.93. The number of hydrogen-bond acceptors (Lipinski definition) is 7. The molecule has 3 fully saturated rings. The van der Waals surface area contributed by atoms with E-state index in [1.807, 2.05) is 58.0 Å². The van der Waals surface area contributed by atoms with E-state index in [0.29, 0.717) is 24.8 Å². The number of nitrogens with one attached hydrogen (secondary N) is 1. The summed E-state index contributed by atoms with van der Waals surface area (Å²) in [5.74, 6) is -3.63. The zero-order chi connectivity index (χ0) is 33.8. The lowest BCUT2D eigenvalue weighted by molar-refractivity contribution is -0.161. The van der Waals surface area contributed by atoms with Crippen molar-refractivity contribution in [1.29, 1.82) is 0 Å². The average molecular weight is 703 g/mol. The van der Waals surface area contributed by atoms with Gasteiger partial charge in [0.25, 0.3) is 0 Å². The van der Waals surface area contributed by atoms with Gasteiger partial charge in [0.1, 0.15) is 17.7 Å². The second kappa shape index (κ2) is 15.3. The van der Waals surface area contributed by atoms with Crippen molar-refractivity contribution in [3.8, 4) is 0 Å². The number of aliphatic hydroxyl groups excluding tert-OH is 1. The number of fused-ring (bicyclic) bond motifs is 1. The van der Waals surface area contributed by atoms with Gasteiger partial charge in [0, 0.05) is 23.8 Å². The van der Waals surface area contributed by atoms with Gasteiger partial charge in [-0.15, -0.1) is 13.2 Å². The van der Waals surface area contributed by atoms with Crippen LogP contribution in [0.25, 0.3) is 0 Å². The highest BCUT2D eigenvalue weighted by Crippen LogP contribution is 2.61. The Hall–Kier alpha value is -3.02. The highest BCUT2D eigenvalue weighted by Gasteiger charge is 2.77. The number of halogens is 1. The molecule has 0 saturated carbocycles. The molecule has 3 heterocycles. The van der Waals surface area contributed by atoms with Gasteiger partial charge in [-0.2, -0.15) is 0 Å². The number of amides is 3. The van der Waals surface area contributed by atoms with Crippen molar-refractivity contribution in [1.82, 2.24) is 15.1 Å². The number of rotatable bonds is 16. The number of alkyl halides is 1. The minimum absolute atomic E-state index is 0.0458. The number of ether oxygens (including phenoxy) is 2. The fourth-order valence-corrected chi connectivity index (χ4v) is 8.22. The molecule has 9 atom stereocenters. The minimum Gasteiger partial charge on any atom is -0.455 e. The molecule has 4 rings (SSSR count). The molecule has 1 unspecified atom stereocenters. The molecule has 0 aromatic heterocycles. The molecule has 1 spiro atoms. The highest BCUT2D eigenvalue weighted by atomic mass is 79.9. The van der Waals surface area contributed by atoms with E-state index in [1.54, 1.807) is 17.1 Å². The second-order valence-corrected chi connectivity index (χ2v) is 14.1. The van der Waals surface area contributed by atoms with Gasteiger partial charge in [0.05, 0.1) is 37.1 Å². The van der Waals surface area contributed by atoms with E-state index in [9.17, 15) is 24.3 Å². The Kier molecular flexibility index (Phi) is 11.9. The van der Waals surface area contributed by atoms with Crippen LogP contribution in [0.2, 0.25) is 0 Å². The molecule has 0 aliphatic carbocycles. The summed E-state index contributed by atoms with van der Waals surface area (Å²) < 4.78 is 12.8. The zero-order valence-electron chi connectivity index (χ0n) is 27.3. The zero-order valence-corrected chi connectivity index (χ0v) is 28.9. The summed E-state index contributed by atoms with van der Waals surface area (Å²) >= 11 is 3.71. The molecule has 11 heteroatoms. The molecule has 2 bridgehead atoms. The Morgan fingerprint density at radius 1 is 1.22 bits per heavy atom. The van der Waals surface area contributed by atoms with E-state index < -0.39 is 53.6 Å². The maximum Gasteiger partial charge on any atom is 0.313 e. The molecule has 0 radical (unpaired) electrons. The Labute approximate surface area is 280 Å². The number of allylic oxidation sites excluding steroid dienone is 1. The summed E-state index contributed by atoms with van der Waals surface area (Å²) in [5.41, 5.74) is -0.608. The molecule has 10 nitrogen and oxygen atoms in total. The number of hydrogen-bond donors (Lipinski definition) is 2. The van der Waals surface area contributed by atoms with Crippen molar-refractivity contribution in [2.24, 2.45) is 17.8 Å². The van der Waals surface area contributed by atoms with Crippen molar-refractivity contribution in [3.63, 3.8) is 0 Å². The fraction of sp³-hybridized carbons (Fsp3) is 0.600. The Morgan fingerprint density at radius 2 is 1.91 bits per heavy atom. The van der Waals surface area contributed by atoms with Crippen LogP contribution in [0, 0.1) is 17.8 Å². The van der Waals surface area contributed by atoms with Gasteiger partial charge in [-0.25, -0.2) is 0 Å². The molecular weight excluding hydrogens is 654 g/mol. The van der Waals surface area contributed by atoms with Crippen LogP contribution in [0.4, 0.5) is 0 Å². The van der Waals surface area contributed by atoms with Crippen molar-refractivity contribution in [3.05, 3.63) is 61.2 Å². The summed E-state index contributed by atoms with van der Waals surface area (Å²) in [6.07, 6.45) is 3.57. The van der Waals surface area contributed by atoms with Gasteiger partial charge in [0.2, 0.25) is 17.7 Å². The van der Waals surface area contributed by atoms with Gasteiger partial charge in [-0.05, 0) is 38.2 Å². The summed E-state index contributed by atoms with van der Waals surface area (Å²) in [6.45, 7) is 15.2. The van der Waals surface area contributed by atoms with Crippen LogP contribution in [0.1, 0.15) is 65.0 Å². The quantitative estimate of drug-likeness (QED) is 0.152. The van der Waals surface area contributed by atoms with Gasteiger partial charge in [0.15, 0.2) is 0 Å². The molecule has 3 saturated heterocycles. The first-order valence-electron chi connectivity index (χ1n) is 16.3. The second-order valence-electron chi connectivity index (χ2n) is 12.9. The molecule has 46 heavy (non-hydrogen) atoms.